The van der Waals surface area contributed by atoms with Gasteiger partial charge >= 0.3 is 0 Å². The molecule has 12 aromatic rings. The molecule has 6 heteroatoms. The molecule has 0 atom stereocenters. The third-order valence-electron chi connectivity index (χ3n) is 11.1. The van der Waals surface area contributed by atoms with E-state index in [4.69, 9.17) is 8.83 Å². The molecule has 0 saturated carbocycles. The molecule has 0 saturated heterocycles. The fraction of sp³-hybridized carbons (Fsp3) is 0. The van der Waals surface area contributed by atoms with Gasteiger partial charge in [-0.1, -0.05) is 103 Å². The monoisotopic (exact) mass is 718 g/mol. The Labute approximate surface area is 320 Å². The first-order valence-corrected chi connectivity index (χ1v) is 18.7. The predicted octanol–water partition coefficient (Wildman–Crippen LogP) is 13.2. The summed E-state index contributed by atoms with van der Waals surface area (Å²) in [6.45, 7) is 0. The molecule has 12 rings (SSSR count). The second-order valence-electron chi connectivity index (χ2n) is 14.2. The van der Waals surface area contributed by atoms with Crippen LogP contribution < -0.4 is 0 Å². The maximum absolute atomic E-state index is 6.83. The summed E-state index contributed by atoms with van der Waals surface area (Å²) in [6, 6.07) is 63.8. The number of para-hydroxylation sites is 4. The van der Waals surface area contributed by atoms with Crippen LogP contribution in [0.3, 0.4) is 0 Å². The van der Waals surface area contributed by atoms with Crippen molar-refractivity contribution in [2.45, 2.75) is 0 Å². The summed E-state index contributed by atoms with van der Waals surface area (Å²) in [4.78, 5) is 0. The summed E-state index contributed by atoms with van der Waals surface area (Å²) in [5.41, 5.74) is 12.2. The van der Waals surface area contributed by atoms with Crippen LogP contribution in [0.5, 0.6) is 0 Å². The summed E-state index contributed by atoms with van der Waals surface area (Å²) >= 11 is 0. The van der Waals surface area contributed by atoms with Gasteiger partial charge in [0.25, 0.3) is 0 Å². The zero-order valence-electron chi connectivity index (χ0n) is 29.9. The van der Waals surface area contributed by atoms with Crippen LogP contribution in [-0.2, 0) is 0 Å². The molecule has 0 amide bonds. The lowest BCUT2D eigenvalue weighted by molar-refractivity contribution is 0.584. The number of aromatic nitrogens is 4. The highest BCUT2D eigenvalue weighted by Gasteiger charge is 2.22. The molecule has 0 aliphatic rings. The van der Waals surface area contributed by atoms with Crippen molar-refractivity contribution in [1.29, 1.82) is 0 Å². The molecule has 0 aliphatic heterocycles. The Bertz CT molecular complexity index is 3420. The number of rotatable bonds is 5. The Morgan fingerprint density at radius 2 is 0.875 bits per heavy atom. The van der Waals surface area contributed by atoms with Crippen LogP contribution in [0.4, 0.5) is 0 Å². The molecule has 262 valence electrons. The maximum Gasteiger partial charge on any atom is 0.248 e. The molecule has 0 radical (unpaired) electrons. The topological polar surface area (TPSA) is 61.9 Å². The first-order valence-electron chi connectivity index (χ1n) is 18.7. The normalized spacial score (nSPS) is 11.9. The summed E-state index contributed by atoms with van der Waals surface area (Å²) in [7, 11) is 0. The second kappa shape index (κ2) is 11.9. The van der Waals surface area contributed by atoms with Gasteiger partial charge in [-0.25, -0.2) is 0 Å². The van der Waals surface area contributed by atoms with E-state index in [9.17, 15) is 0 Å². The lowest BCUT2D eigenvalue weighted by Crippen LogP contribution is -1.98. The van der Waals surface area contributed by atoms with Crippen molar-refractivity contribution in [3.8, 4) is 45.4 Å². The fourth-order valence-corrected chi connectivity index (χ4v) is 8.62. The molecule has 0 spiro atoms. The van der Waals surface area contributed by atoms with Crippen molar-refractivity contribution in [3.63, 3.8) is 0 Å². The molecular weight excluding hydrogens is 689 g/mol. The van der Waals surface area contributed by atoms with E-state index in [-0.39, 0.29) is 0 Å². The molecule has 0 bridgehead atoms. The van der Waals surface area contributed by atoms with Gasteiger partial charge in [0.15, 0.2) is 0 Å². The molecule has 56 heavy (non-hydrogen) atoms. The van der Waals surface area contributed by atoms with Crippen molar-refractivity contribution < 1.29 is 8.83 Å². The Morgan fingerprint density at radius 1 is 0.357 bits per heavy atom. The van der Waals surface area contributed by atoms with E-state index < -0.39 is 0 Å². The Kier molecular flexibility index (Phi) is 6.53. The zero-order valence-corrected chi connectivity index (χ0v) is 29.9. The number of fused-ring (bicyclic) bond motifs is 9. The van der Waals surface area contributed by atoms with Crippen molar-refractivity contribution in [1.82, 2.24) is 19.3 Å². The Balaban J connectivity index is 1.09. The number of furan rings is 1. The first-order chi connectivity index (χ1) is 27.8. The molecule has 6 nitrogen and oxygen atoms in total. The van der Waals surface area contributed by atoms with Gasteiger partial charge in [-0.05, 0) is 84.4 Å². The second-order valence-corrected chi connectivity index (χ2v) is 14.2. The van der Waals surface area contributed by atoms with Gasteiger partial charge in [0.1, 0.15) is 11.2 Å². The lowest BCUT2D eigenvalue weighted by atomic mass is 9.98. The summed E-state index contributed by atoms with van der Waals surface area (Å²) in [5, 5.41) is 15.7. The zero-order chi connectivity index (χ0) is 36.7. The minimum absolute atomic E-state index is 0.483. The Hall–Kier alpha value is -7.70. The van der Waals surface area contributed by atoms with Crippen LogP contribution in [0.2, 0.25) is 0 Å². The smallest absolute Gasteiger partial charge is 0.248 e. The highest BCUT2D eigenvalue weighted by atomic mass is 16.4. The van der Waals surface area contributed by atoms with Crippen molar-refractivity contribution >= 4 is 65.6 Å². The van der Waals surface area contributed by atoms with Gasteiger partial charge in [-0.15, -0.1) is 10.2 Å². The standard InChI is InChI=1S/C50H30N4O2/c1-2-12-31(13-3-1)49-51-52-50(56-49)32-22-25-34(26-23-32)53-41-18-8-4-16-37(41)38-27-24-33(30-45(38)53)47-44(29-28-40-39-17-7-11-21-46(39)55-48(40)47)54-42-19-9-5-14-35(42)36-15-6-10-20-43(36)54/h1-30H. The van der Waals surface area contributed by atoms with Crippen LogP contribution >= 0.6 is 0 Å². The molecule has 4 heterocycles. The number of nitrogens with zero attached hydrogens (tertiary/aromatic N) is 4. The first kappa shape index (κ1) is 30.7. The average Bonchev–Trinajstić information content (AvgIpc) is 4.05. The van der Waals surface area contributed by atoms with E-state index in [1.165, 1.54) is 21.5 Å². The molecule has 0 N–H and O–H groups in total. The molecule has 0 unspecified atom stereocenters. The largest absolute Gasteiger partial charge is 0.455 e. The minimum atomic E-state index is 0.483. The molecular formula is C50H30N4O2. The van der Waals surface area contributed by atoms with Crippen molar-refractivity contribution in [2.24, 2.45) is 0 Å². The summed E-state index contributed by atoms with van der Waals surface area (Å²) < 4.78 is 17.7. The third-order valence-corrected chi connectivity index (χ3v) is 11.1. The van der Waals surface area contributed by atoms with Gasteiger partial charge in [0, 0.05) is 54.7 Å². The van der Waals surface area contributed by atoms with Crippen molar-refractivity contribution in [3.05, 3.63) is 182 Å². The van der Waals surface area contributed by atoms with Crippen molar-refractivity contribution in [2.75, 3.05) is 0 Å². The van der Waals surface area contributed by atoms with E-state index >= 15 is 0 Å². The van der Waals surface area contributed by atoms with E-state index in [1.807, 2.05) is 36.4 Å². The maximum atomic E-state index is 6.83. The van der Waals surface area contributed by atoms with Gasteiger partial charge in [-0.2, -0.15) is 0 Å². The van der Waals surface area contributed by atoms with Gasteiger partial charge in [-0.3, -0.25) is 0 Å². The molecule has 0 fully saturated rings. The molecule has 8 aromatic carbocycles. The highest BCUT2D eigenvalue weighted by Crippen LogP contribution is 2.44. The van der Waals surface area contributed by atoms with Gasteiger partial charge < -0.3 is 18.0 Å². The number of benzene rings is 8. The quantitative estimate of drug-likeness (QED) is 0.178. The van der Waals surface area contributed by atoms with E-state index in [1.54, 1.807) is 0 Å². The number of hydrogen-bond acceptors (Lipinski definition) is 4. The van der Waals surface area contributed by atoms with Crippen LogP contribution in [0, 0.1) is 0 Å². The summed E-state index contributed by atoms with van der Waals surface area (Å²) in [5.74, 6) is 0.982. The number of hydrogen-bond donors (Lipinski definition) is 0. The minimum Gasteiger partial charge on any atom is -0.455 e. The SMILES string of the molecule is c1ccc(-c2nnc(-c3ccc(-n4c5ccccc5c5ccc(-c6c(-n7c8ccccc8c8ccccc87)ccc7c6oc6ccccc67)cc54)cc3)o2)cc1. The van der Waals surface area contributed by atoms with Crippen LogP contribution in [0.25, 0.3) is 111 Å². The highest BCUT2D eigenvalue weighted by molar-refractivity contribution is 6.16. The van der Waals surface area contributed by atoms with Crippen LogP contribution in [0.1, 0.15) is 0 Å². The van der Waals surface area contributed by atoms with Crippen LogP contribution in [-0.4, -0.2) is 19.3 Å². The Morgan fingerprint density at radius 3 is 1.55 bits per heavy atom. The van der Waals surface area contributed by atoms with Gasteiger partial charge in [0.05, 0.1) is 27.8 Å². The molecule has 4 aromatic heterocycles. The molecule has 0 aliphatic carbocycles. The summed E-state index contributed by atoms with van der Waals surface area (Å²) in [6.07, 6.45) is 0. The van der Waals surface area contributed by atoms with Crippen LogP contribution in [0.15, 0.2) is 191 Å². The average molecular weight is 719 g/mol. The lowest BCUT2D eigenvalue weighted by Gasteiger charge is -2.15. The van der Waals surface area contributed by atoms with E-state index in [2.05, 4.69) is 165 Å². The predicted molar refractivity (Wildman–Crippen MR) is 227 cm³/mol. The third kappa shape index (κ3) is 4.50. The van der Waals surface area contributed by atoms with E-state index in [0.717, 1.165) is 77.6 Å². The fourth-order valence-electron chi connectivity index (χ4n) is 8.62. The van der Waals surface area contributed by atoms with E-state index in [0.29, 0.717) is 11.8 Å². The van der Waals surface area contributed by atoms with Gasteiger partial charge in [0.2, 0.25) is 11.8 Å².